The second kappa shape index (κ2) is 5.33. The maximum absolute atomic E-state index is 12.7. The highest BCUT2D eigenvalue weighted by atomic mass is 16.2. The van der Waals surface area contributed by atoms with Crippen LogP contribution in [0, 0.1) is 6.92 Å². The van der Waals surface area contributed by atoms with Gasteiger partial charge in [-0.3, -0.25) is 9.48 Å². The van der Waals surface area contributed by atoms with Crippen LogP contribution < -0.4 is 10.6 Å². The number of aromatic nitrogens is 2. The van der Waals surface area contributed by atoms with Crippen LogP contribution in [0.5, 0.6) is 0 Å². The van der Waals surface area contributed by atoms with E-state index < -0.39 is 6.04 Å². The summed E-state index contributed by atoms with van der Waals surface area (Å²) in [7, 11) is 1.82. The molecule has 1 unspecified atom stereocenters. The number of nitrogens with two attached hydrogens (primary N) is 1. The van der Waals surface area contributed by atoms with E-state index in [1.807, 2.05) is 24.1 Å². The number of nitrogens with zero attached hydrogens (tertiary/aromatic N) is 3. The molecule has 1 aliphatic heterocycles. The number of carbonyl (C=O) groups excluding carboxylic acids is 1. The molecule has 0 fully saturated rings. The van der Waals surface area contributed by atoms with Gasteiger partial charge in [0.2, 0.25) is 5.91 Å². The molecule has 1 aromatic heterocycles. The molecule has 1 atom stereocenters. The van der Waals surface area contributed by atoms with Crippen molar-refractivity contribution in [3.8, 4) is 0 Å². The van der Waals surface area contributed by atoms with Crippen LogP contribution >= 0.6 is 0 Å². The third-order valence-corrected chi connectivity index (χ3v) is 3.97. The quantitative estimate of drug-likeness (QED) is 0.913. The van der Waals surface area contributed by atoms with Gasteiger partial charge in [0.15, 0.2) is 0 Å². The van der Waals surface area contributed by atoms with E-state index >= 15 is 0 Å². The number of rotatable bonds is 2. The highest BCUT2D eigenvalue weighted by molar-refractivity contribution is 5.98. The molecule has 1 aromatic carbocycles. The number of amides is 1. The highest BCUT2D eigenvalue weighted by Crippen LogP contribution is 2.29. The van der Waals surface area contributed by atoms with Crippen molar-refractivity contribution in [3.05, 3.63) is 47.3 Å². The van der Waals surface area contributed by atoms with E-state index in [4.69, 9.17) is 5.73 Å². The van der Waals surface area contributed by atoms with Crippen LogP contribution in [0.3, 0.4) is 0 Å². The summed E-state index contributed by atoms with van der Waals surface area (Å²) in [6.45, 7) is 2.80. The van der Waals surface area contributed by atoms with Crippen LogP contribution in [0.15, 0.2) is 30.6 Å². The molecule has 0 saturated carbocycles. The van der Waals surface area contributed by atoms with E-state index in [1.165, 1.54) is 11.1 Å². The Morgan fingerprint density at radius 3 is 2.95 bits per heavy atom. The van der Waals surface area contributed by atoms with Gasteiger partial charge in [-0.05, 0) is 31.4 Å². The van der Waals surface area contributed by atoms with Gasteiger partial charge < -0.3 is 10.6 Å². The molecule has 2 aromatic rings. The number of carbonyl (C=O) groups is 1. The zero-order valence-corrected chi connectivity index (χ0v) is 12.4. The molecule has 0 saturated heterocycles. The molecule has 3 rings (SSSR count). The van der Waals surface area contributed by atoms with Gasteiger partial charge in [0.05, 0.1) is 6.20 Å². The monoisotopic (exact) mass is 284 g/mol. The van der Waals surface area contributed by atoms with E-state index in [-0.39, 0.29) is 5.91 Å². The van der Waals surface area contributed by atoms with E-state index in [9.17, 15) is 4.79 Å². The van der Waals surface area contributed by atoms with Gasteiger partial charge in [0.25, 0.3) is 0 Å². The molecule has 0 aliphatic carbocycles. The standard InChI is InChI=1S/C16H20N4O/c1-11-5-6-14-12(8-11)4-3-7-20(14)16(21)15(17)13-9-18-19(2)10-13/h5-6,8-10,15H,3-4,7,17H2,1-2H3. The zero-order valence-electron chi connectivity index (χ0n) is 12.4. The molecule has 0 radical (unpaired) electrons. The summed E-state index contributed by atoms with van der Waals surface area (Å²) < 4.78 is 1.66. The Bertz CT molecular complexity index is 677. The van der Waals surface area contributed by atoms with Crippen LogP contribution in [0.25, 0.3) is 0 Å². The first-order valence-corrected chi connectivity index (χ1v) is 7.21. The average Bonchev–Trinajstić information content (AvgIpc) is 2.91. The van der Waals surface area contributed by atoms with Crippen LogP contribution in [0.2, 0.25) is 0 Å². The second-order valence-electron chi connectivity index (χ2n) is 5.65. The lowest BCUT2D eigenvalue weighted by Gasteiger charge is -2.31. The van der Waals surface area contributed by atoms with E-state index in [1.54, 1.807) is 17.1 Å². The van der Waals surface area contributed by atoms with Gasteiger partial charge in [-0.1, -0.05) is 17.7 Å². The van der Waals surface area contributed by atoms with Crippen molar-refractivity contribution >= 4 is 11.6 Å². The molecule has 5 nitrogen and oxygen atoms in total. The largest absolute Gasteiger partial charge is 0.316 e. The fourth-order valence-electron chi connectivity index (χ4n) is 2.87. The number of hydrogen-bond acceptors (Lipinski definition) is 3. The molecule has 1 aliphatic rings. The lowest BCUT2D eigenvalue weighted by molar-refractivity contribution is -0.120. The lowest BCUT2D eigenvalue weighted by Crippen LogP contribution is -2.41. The number of benzene rings is 1. The summed E-state index contributed by atoms with van der Waals surface area (Å²) in [5.41, 5.74) is 10.3. The maximum atomic E-state index is 12.7. The Morgan fingerprint density at radius 2 is 2.24 bits per heavy atom. The fourth-order valence-corrected chi connectivity index (χ4v) is 2.87. The third kappa shape index (κ3) is 2.56. The number of anilines is 1. The molecular weight excluding hydrogens is 264 g/mol. The van der Waals surface area contributed by atoms with Crippen molar-refractivity contribution in [1.82, 2.24) is 9.78 Å². The molecule has 21 heavy (non-hydrogen) atoms. The topological polar surface area (TPSA) is 64.2 Å². The first-order valence-electron chi connectivity index (χ1n) is 7.21. The third-order valence-electron chi connectivity index (χ3n) is 3.97. The Balaban J connectivity index is 1.89. The highest BCUT2D eigenvalue weighted by Gasteiger charge is 2.28. The predicted molar refractivity (Wildman–Crippen MR) is 82.0 cm³/mol. The van der Waals surface area contributed by atoms with Crippen LogP contribution in [-0.2, 0) is 18.3 Å². The van der Waals surface area contributed by atoms with Crippen LogP contribution in [-0.4, -0.2) is 22.2 Å². The Labute approximate surface area is 124 Å². The van der Waals surface area contributed by atoms with E-state index in [0.717, 1.165) is 30.6 Å². The number of aryl methyl sites for hydroxylation is 3. The van der Waals surface area contributed by atoms with Crippen LogP contribution in [0.1, 0.15) is 29.2 Å². The average molecular weight is 284 g/mol. The Morgan fingerprint density at radius 1 is 1.43 bits per heavy atom. The molecule has 110 valence electrons. The fraction of sp³-hybridized carbons (Fsp3) is 0.375. The van der Waals surface area contributed by atoms with Gasteiger partial charge in [0.1, 0.15) is 6.04 Å². The Hall–Kier alpha value is -2.14. The first-order chi connectivity index (χ1) is 10.1. The van der Waals surface area contributed by atoms with Crippen molar-refractivity contribution in [3.63, 3.8) is 0 Å². The van der Waals surface area contributed by atoms with Crippen molar-refractivity contribution in [2.75, 3.05) is 11.4 Å². The van der Waals surface area contributed by atoms with Gasteiger partial charge in [-0.2, -0.15) is 5.10 Å². The summed E-state index contributed by atoms with van der Waals surface area (Å²) in [6, 6.07) is 5.56. The van der Waals surface area contributed by atoms with Gasteiger partial charge in [-0.15, -0.1) is 0 Å². The summed E-state index contributed by atoms with van der Waals surface area (Å²) in [5.74, 6) is -0.0622. The van der Waals surface area contributed by atoms with Crippen molar-refractivity contribution in [2.45, 2.75) is 25.8 Å². The maximum Gasteiger partial charge on any atom is 0.248 e. The molecule has 1 amide bonds. The Kier molecular flexibility index (Phi) is 3.51. The lowest BCUT2D eigenvalue weighted by atomic mass is 9.98. The van der Waals surface area contributed by atoms with E-state index in [0.29, 0.717) is 0 Å². The van der Waals surface area contributed by atoms with Crippen molar-refractivity contribution < 1.29 is 4.79 Å². The second-order valence-corrected chi connectivity index (χ2v) is 5.65. The van der Waals surface area contributed by atoms with Gasteiger partial charge in [-0.25, -0.2) is 0 Å². The minimum absolute atomic E-state index is 0.0622. The molecule has 2 heterocycles. The molecule has 2 N–H and O–H groups in total. The normalized spacial score (nSPS) is 15.7. The predicted octanol–water partition coefficient (Wildman–Crippen LogP) is 1.71. The summed E-state index contributed by atoms with van der Waals surface area (Å²) >= 11 is 0. The number of fused-ring (bicyclic) bond motifs is 1. The summed E-state index contributed by atoms with van der Waals surface area (Å²) in [6.07, 6.45) is 5.44. The SMILES string of the molecule is Cc1ccc2c(c1)CCCN2C(=O)C(N)c1cnn(C)c1. The molecule has 0 spiro atoms. The molecular formula is C16H20N4O. The smallest absolute Gasteiger partial charge is 0.248 e. The molecule has 0 bridgehead atoms. The molecule has 5 heteroatoms. The minimum atomic E-state index is -0.661. The summed E-state index contributed by atoms with van der Waals surface area (Å²) in [5, 5.41) is 4.09. The summed E-state index contributed by atoms with van der Waals surface area (Å²) in [4.78, 5) is 14.5. The van der Waals surface area contributed by atoms with Crippen molar-refractivity contribution in [2.24, 2.45) is 12.8 Å². The zero-order chi connectivity index (χ0) is 15.0. The van der Waals surface area contributed by atoms with Gasteiger partial charge in [0, 0.05) is 31.0 Å². The first kappa shape index (κ1) is 13.8. The van der Waals surface area contributed by atoms with Crippen LogP contribution in [0.4, 0.5) is 5.69 Å². The van der Waals surface area contributed by atoms with E-state index in [2.05, 4.69) is 18.1 Å². The minimum Gasteiger partial charge on any atom is -0.316 e. The number of hydrogen-bond donors (Lipinski definition) is 1. The van der Waals surface area contributed by atoms with Crippen molar-refractivity contribution in [1.29, 1.82) is 0 Å². The van der Waals surface area contributed by atoms with Gasteiger partial charge >= 0.3 is 0 Å².